The molecule has 0 amide bonds. The van der Waals surface area contributed by atoms with Crippen LogP contribution in [0.5, 0.6) is 0 Å². The Morgan fingerprint density at radius 2 is 0.902 bits per heavy atom. The first-order chi connectivity index (χ1) is 25.2. The van der Waals surface area contributed by atoms with E-state index in [1.807, 2.05) is 30.3 Å². The van der Waals surface area contributed by atoms with E-state index in [4.69, 9.17) is 14.4 Å². The van der Waals surface area contributed by atoms with Gasteiger partial charge in [-0.3, -0.25) is 0 Å². The average Bonchev–Trinajstić information content (AvgIpc) is 3.58. The second-order valence-corrected chi connectivity index (χ2v) is 13.0. The summed E-state index contributed by atoms with van der Waals surface area (Å²) in [4.78, 5) is 10.4. The van der Waals surface area contributed by atoms with Crippen molar-refractivity contribution >= 4 is 43.5 Å². The first kappa shape index (κ1) is 29.1. The van der Waals surface area contributed by atoms with Crippen molar-refractivity contribution in [1.29, 1.82) is 0 Å². The highest BCUT2D eigenvalue weighted by atomic mass is 16.3. The lowest BCUT2D eigenvalue weighted by Crippen LogP contribution is -1.97. The van der Waals surface area contributed by atoms with Gasteiger partial charge in [0.2, 0.25) is 0 Å². The van der Waals surface area contributed by atoms with E-state index in [0.29, 0.717) is 5.82 Å². The van der Waals surface area contributed by atoms with Gasteiger partial charge in [-0.25, -0.2) is 9.97 Å². The molecular formula is C48H30N2O. The van der Waals surface area contributed by atoms with Gasteiger partial charge in [0, 0.05) is 27.5 Å². The molecule has 0 radical (unpaired) electrons. The van der Waals surface area contributed by atoms with Crippen molar-refractivity contribution in [3.63, 3.8) is 0 Å². The first-order valence-corrected chi connectivity index (χ1v) is 17.2. The average molecular weight is 651 g/mol. The fourth-order valence-electron chi connectivity index (χ4n) is 7.38. The number of fused-ring (bicyclic) bond motifs is 5. The van der Waals surface area contributed by atoms with E-state index in [9.17, 15) is 0 Å². The van der Waals surface area contributed by atoms with Crippen molar-refractivity contribution < 1.29 is 4.42 Å². The molecule has 8 aromatic carbocycles. The topological polar surface area (TPSA) is 38.9 Å². The zero-order chi connectivity index (χ0) is 33.7. The molecule has 3 nitrogen and oxygen atoms in total. The van der Waals surface area contributed by atoms with Gasteiger partial charge in [0.25, 0.3) is 0 Å². The Hall–Kier alpha value is -6.84. The smallest absolute Gasteiger partial charge is 0.160 e. The Kier molecular flexibility index (Phi) is 6.81. The standard InChI is InChI=1S/C48H30N2O/c1-2-14-33(15-3-1)48-49-44(30-45(50-48)41-22-11-17-32-13-5-7-19-39(32)41)37-27-35(26-36(28-37)40-21-10-16-31-12-4-6-18-38(31)40)34-24-25-43-42-20-8-9-23-46(42)51-47(43)29-34/h1-30H. The maximum Gasteiger partial charge on any atom is 0.160 e. The van der Waals surface area contributed by atoms with Crippen molar-refractivity contribution in [3.05, 3.63) is 182 Å². The van der Waals surface area contributed by atoms with Crippen LogP contribution in [-0.2, 0) is 0 Å². The van der Waals surface area contributed by atoms with E-state index >= 15 is 0 Å². The third-order valence-electron chi connectivity index (χ3n) is 9.87. The third kappa shape index (κ3) is 5.15. The molecule has 0 atom stereocenters. The molecule has 10 aromatic rings. The lowest BCUT2D eigenvalue weighted by molar-refractivity contribution is 0.669. The maximum absolute atomic E-state index is 6.35. The second kappa shape index (κ2) is 11.9. The van der Waals surface area contributed by atoms with Gasteiger partial charge in [-0.2, -0.15) is 0 Å². The molecule has 0 aliphatic carbocycles. The largest absolute Gasteiger partial charge is 0.456 e. The minimum atomic E-state index is 0.692. The molecule has 10 rings (SSSR count). The van der Waals surface area contributed by atoms with Crippen molar-refractivity contribution in [3.8, 4) is 56.2 Å². The predicted octanol–water partition coefficient (Wildman–Crippen LogP) is 13.0. The zero-order valence-electron chi connectivity index (χ0n) is 27.6. The van der Waals surface area contributed by atoms with E-state index < -0.39 is 0 Å². The summed E-state index contributed by atoms with van der Waals surface area (Å²) >= 11 is 0. The summed E-state index contributed by atoms with van der Waals surface area (Å²) in [6, 6.07) is 64.0. The van der Waals surface area contributed by atoms with Crippen molar-refractivity contribution in [2.45, 2.75) is 0 Å². The number of hydrogen-bond acceptors (Lipinski definition) is 3. The molecule has 51 heavy (non-hydrogen) atoms. The fraction of sp³-hybridized carbons (Fsp3) is 0. The predicted molar refractivity (Wildman–Crippen MR) is 212 cm³/mol. The molecule has 3 heteroatoms. The van der Waals surface area contributed by atoms with Gasteiger partial charge < -0.3 is 4.42 Å². The number of aromatic nitrogens is 2. The maximum atomic E-state index is 6.35. The van der Waals surface area contributed by atoms with Gasteiger partial charge in [0.15, 0.2) is 5.82 Å². The van der Waals surface area contributed by atoms with Crippen LogP contribution in [0, 0.1) is 0 Å². The van der Waals surface area contributed by atoms with Crippen molar-refractivity contribution in [1.82, 2.24) is 9.97 Å². The summed E-state index contributed by atoms with van der Waals surface area (Å²) in [6.45, 7) is 0. The molecule has 0 aliphatic heterocycles. The highest BCUT2D eigenvalue weighted by molar-refractivity contribution is 6.06. The summed E-state index contributed by atoms with van der Waals surface area (Å²) in [6.07, 6.45) is 0. The van der Waals surface area contributed by atoms with Gasteiger partial charge in [0.1, 0.15) is 11.2 Å². The molecule has 0 fully saturated rings. The Morgan fingerprint density at radius 3 is 1.71 bits per heavy atom. The molecule has 0 saturated heterocycles. The highest BCUT2D eigenvalue weighted by Gasteiger charge is 2.16. The molecule has 2 aromatic heterocycles. The van der Waals surface area contributed by atoms with E-state index in [1.165, 1.54) is 21.7 Å². The monoisotopic (exact) mass is 650 g/mol. The number of hydrogen-bond donors (Lipinski definition) is 0. The van der Waals surface area contributed by atoms with Crippen LogP contribution in [0.1, 0.15) is 0 Å². The molecular weight excluding hydrogens is 621 g/mol. The SMILES string of the molecule is c1ccc(-c2nc(-c3cc(-c4ccc5c(c4)oc4ccccc45)cc(-c4cccc5ccccc45)c3)cc(-c3cccc4ccccc34)n2)cc1. The van der Waals surface area contributed by atoms with Gasteiger partial charge in [-0.05, 0) is 86.3 Å². The summed E-state index contributed by atoms with van der Waals surface area (Å²) < 4.78 is 6.35. The Balaban J connectivity index is 1.23. The summed E-state index contributed by atoms with van der Waals surface area (Å²) in [5.41, 5.74) is 11.0. The number of para-hydroxylation sites is 1. The number of nitrogens with zero attached hydrogens (tertiary/aromatic N) is 2. The fourth-order valence-corrected chi connectivity index (χ4v) is 7.38. The summed E-state index contributed by atoms with van der Waals surface area (Å²) in [7, 11) is 0. The van der Waals surface area contributed by atoms with Crippen molar-refractivity contribution in [2.75, 3.05) is 0 Å². The van der Waals surface area contributed by atoms with Crippen molar-refractivity contribution in [2.24, 2.45) is 0 Å². The molecule has 0 saturated carbocycles. The second-order valence-electron chi connectivity index (χ2n) is 13.0. The molecule has 238 valence electrons. The molecule has 0 unspecified atom stereocenters. The minimum absolute atomic E-state index is 0.692. The van der Waals surface area contributed by atoms with Crippen LogP contribution in [0.3, 0.4) is 0 Å². The molecule has 0 N–H and O–H groups in total. The third-order valence-corrected chi connectivity index (χ3v) is 9.87. The van der Waals surface area contributed by atoms with Crippen LogP contribution < -0.4 is 0 Å². The Labute approximate surface area is 295 Å². The number of furan rings is 1. The van der Waals surface area contributed by atoms with Crippen LogP contribution in [0.4, 0.5) is 0 Å². The minimum Gasteiger partial charge on any atom is -0.456 e. The van der Waals surface area contributed by atoms with Gasteiger partial charge in [-0.1, -0.05) is 140 Å². The molecule has 2 heterocycles. The normalized spacial score (nSPS) is 11.5. The lowest BCUT2D eigenvalue weighted by atomic mass is 9.91. The quantitative estimate of drug-likeness (QED) is 0.186. The van der Waals surface area contributed by atoms with Crippen LogP contribution in [-0.4, -0.2) is 9.97 Å². The molecule has 0 bridgehead atoms. The number of benzene rings is 8. The highest BCUT2D eigenvalue weighted by Crippen LogP contribution is 2.39. The van der Waals surface area contributed by atoms with Crippen LogP contribution in [0.25, 0.3) is 99.6 Å². The van der Waals surface area contributed by atoms with Gasteiger partial charge in [-0.15, -0.1) is 0 Å². The van der Waals surface area contributed by atoms with E-state index in [0.717, 1.165) is 72.1 Å². The summed E-state index contributed by atoms with van der Waals surface area (Å²) in [5, 5.41) is 6.99. The van der Waals surface area contributed by atoms with Crippen LogP contribution in [0.15, 0.2) is 186 Å². The van der Waals surface area contributed by atoms with Gasteiger partial charge >= 0.3 is 0 Å². The number of rotatable bonds is 5. The van der Waals surface area contributed by atoms with Crippen LogP contribution in [0.2, 0.25) is 0 Å². The first-order valence-electron chi connectivity index (χ1n) is 17.2. The Morgan fingerprint density at radius 1 is 0.314 bits per heavy atom. The zero-order valence-corrected chi connectivity index (χ0v) is 27.6. The van der Waals surface area contributed by atoms with E-state index in [2.05, 4.69) is 152 Å². The van der Waals surface area contributed by atoms with E-state index in [1.54, 1.807) is 0 Å². The lowest BCUT2D eigenvalue weighted by Gasteiger charge is -2.15. The molecule has 0 aliphatic rings. The molecule has 0 spiro atoms. The summed E-state index contributed by atoms with van der Waals surface area (Å²) in [5.74, 6) is 0.692. The van der Waals surface area contributed by atoms with E-state index in [-0.39, 0.29) is 0 Å². The Bertz CT molecular complexity index is 2910. The van der Waals surface area contributed by atoms with Gasteiger partial charge in [0.05, 0.1) is 11.4 Å². The van der Waals surface area contributed by atoms with Crippen LogP contribution >= 0.6 is 0 Å².